The van der Waals surface area contributed by atoms with Gasteiger partial charge in [-0.05, 0) is 68.8 Å². The van der Waals surface area contributed by atoms with E-state index in [9.17, 15) is 4.79 Å². The van der Waals surface area contributed by atoms with E-state index in [2.05, 4.69) is 30.5 Å². The first-order chi connectivity index (χ1) is 9.06. The Morgan fingerprint density at radius 1 is 1.32 bits per heavy atom. The number of hydrogen-bond acceptors (Lipinski definition) is 2. The molecule has 0 saturated heterocycles. The zero-order valence-electron chi connectivity index (χ0n) is 11.8. The Bertz CT molecular complexity index is 503. The maximum atomic E-state index is 12.3. The zero-order chi connectivity index (χ0) is 13.5. The van der Waals surface area contributed by atoms with Gasteiger partial charge in [-0.3, -0.25) is 4.79 Å². The van der Waals surface area contributed by atoms with Crippen molar-refractivity contribution in [2.24, 2.45) is 5.92 Å². The summed E-state index contributed by atoms with van der Waals surface area (Å²) >= 11 is 0. The molecule has 0 aromatic heterocycles. The first-order valence-electron chi connectivity index (χ1n) is 7.21. The number of hydrogen-bond donors (Lipinski definition) is 2. The minimum Gasteiger partial charge on any atom is -0.347 e. The van der Waals surface area contributed by atoms with Gasteiger partial charge in [0.05, 0.1) is 0 Å². The van der Waals surface area contributed by atoms with Crippen molar-refractivity contribution in [3.05, 3.63) is 34.9 Å². The van der Waals surface area contributed by atoms with Crippen LogP contribution in [0.2, 0.25) is 0 Å². The van der Waals surface area contributed by atoms with Gasteiger partial charge < -0.3 is 10.6 Å². The van der Waals surface area contributed by atoms with E-state index < -0.39 is 0 Å². The number of carbonyl (C=O) groups excluding carboxylic acids is 1. The summed E-state index contributed by atoms with van der Waals surface area (Å²) in [6, 6.07) is 6.11. The molecule has 1 saturated carbocycles. The summed E-state index contributed by atoms with van der Waals surface area (Å²) in [5.74, 6) is 0.709. The van der Waals surface area contributed by atoms with Gasteiger partial charge in [-0.2, -0.15) is 0 Å². The molecule has 3 heteroatoms. The third kappa shape index (κ3) is 2.66. The van der Waals surface area contributed by atoms with E-state index in [4.69, 9.17) is 0 Å². The third-order valence-electron chi connectivity index (χ3n) is 4.39. The van der Waals surface area contributed by atoms with Gasteiger partial charge >= 0.3 is 0 Å². The monoisotopic (exact) mass is 258 g/mol. The van der Waals surface area contributed by atoms with Gasteiger partial charge in [-0.25, -0.2) is 0 Å². The average molecular weight is 258 g/mol. The van der Waals surface area contributed by atoms with Crippen molar-refractivity contribution in [2.75, 3.05) is 6.54 Å². The molecule has 2 aliphatic rings. The van der Waals surface area contributed by atoms with E-state index in [0.29, 0.717) is 5.92 Å². The summed E-state index contributed by atoms with van der Waals surface area (Å²) < 4.78 is 0. The largest absolute Gasteiger partial charge is 0.347 e. The van der Waals surface area contributed by atoms with Crippen LogP contribution in [-0.2, 0) is 13.0 Å². The molecule has 1 amide bonds. The topological polar surface area (TPSA) is 41.1 Å². The van der Waals surface area contributed by atoms with Crippen molar-refractivity contribution >= 4 is 5.91 Å². The lowest BCUT2D eigenvalue weighted by Gasteiger charge is -2.26. The number of nitrogens with one attached hydrogen (secondary N) is 2. The SMILES string of the molecule is CC(C)(NC(=O)c1ccc2c(c1)CNCC2)C1CC1. The molecule has 1 aromatic carbocycles. The standard InChI is InChI=1S/C16H22N2O/c1-16(2,14-5-6-14)18-15(19)12-4-3-11-7-8-17-10-13(11)9-12/h3-4,9,14,17H,5-8,10H2,1-2H3,(H,18,19). The molecule has 1 aliphatic carbocycles. The Labute approximate surface area is 114 Å². The fourth-order valence-corrected chi connectivity index (χ4v) is 2.89. The minimum atomic E-state index is -0.0781. The van der Waals surface area contributed by atoms with Crippen molar-refractivity contribution in [1.29, 1.82) is 0 Å². The van der Waals surface area contributed by atoms with Crippen LogP contribution in [0.1, 0.15) is 48.2 Å². The Morgan fingerprint density at radius 3 is 2.84 bits per heavy atom. The van der Waals surface area contributed by atoms with Crippen LogP contribution >= 0.6 is 0 Å². The van der Waals surface area contributed by atoms with Crippen molar-refractivity contribution in [3.8, 4) is 0 Å². The summed E-state index contributed by atoms with van der Waals surface area (Å²) in [5.41, 5.74) is 3.35. The second-order valence-corrected chi connectivity index (χ2v) is 6.36. The van der Waals surface area contributed by atoms with Crippen molar-refractivity contribution < 1.29 is 4.79 Å². The molecule has 0 atom stereocenters. The van der Waals surface area contributed by atoms with Crippen LogP contribution in [0.3, 0.4) is 0 Å². The van der Waals surface area contributed by atoms with Crippen LogP contribution in [-0.4, -0.2) is 18.0 Å². The van der Waals surface area contributed by atoms with Gasteiger partial charge in [0.15, 0.2) is 0 Å². The van der Waals surface area contributed by atoms with E-state index >= 15 is 0 Å². The third-order valence-corrected chi connectivity index (χ3v) is 4.39. The molecule has 102 valence electrons. The van der Waals surface area contributed by atoms with Gasteiger partial charge in [0, 0.05) is 17.6 Å². The van der Waals surface area contributed by atoms with Gasteiger partial charge in [-0.15, -0.1) is 0 Å². The van der Waals surface area contributed by atoms with Crippen molar-refractivity contribution in [2.45, 2.75) is 45.2 Å². The number of fused-ring (bicyclic) bond motifs is 1. The van der Waals surface area contributed by atoms with Crippen LogP contribution in [0.5, 0.6) is 0 Å². The molecule has 3 rings (SSSR count). The fourth-order valence-electron chi connectivity index (χ4n) is 2.89. The molecule has 0 unspecified atom stereocenters. The number of rotatable bonds is 3. The molecular formula is C16H22N2O. The summed E-state index contributed by atoms with van der Waals surface area (Å²) in [4.78, 5) is 12.3. The highest BCUT2D eigenvalue weighted by atomic mass is 16.1. The molecule has 1 aromatic rings. The predicted octanol–water partition coefficient (Wildman–Crippen LogP) is 2.25. The second-order valence-electron chi connectivity index (χ2n) is 6.36. The maximum Gasteiger partial charge on any atom is 0.251 e. The summed E-state index contributed by atoms with van der Waals surface area (Å²) in [6.07, 6.45) is 3.54. The Kier molecular flexibility index (Phi) is 3.09. The van der Waals surface area contributed by atoms with E-state index in [1.54, 1.807) is 0 Å². The van der Waals surface area contributed by atoms with Crippen LogP contribution in [0.25, 0.3) is 0 Å². The van der Waals surface area contributed by atoms with Crippen LogP contribution < -0.4 is 10.6 Å². The summed E-state index contributed by atoms with van der Waals surface area (Å²) in [7, 11) is 0. The van der Waals surface area contributed by atoms with Gasteiger partial charge in [0.25, 0.3) is 5.91 Å². The first-order valence-corrected chi connectivity index (χ1v) is 7.21. The molecule has 0 radical (unpaired) electrons. The number of carbonyl (C=O) groups is 1. The van der Waals surface area contributed by atoms with Crippen LogP contribution in [0.4, 0.5) is 0 Å². The molecule has 2 N–H and O–H groups in total. The maximum absolute atomic E-state index is 12.3. The molecule has 0 bridgehead atoms. The molecule has 1 aliphatic heterocycles. The van der Waals surface area contributed by atoms with Crippen LogP contribution in [0.15, 0.2) is 18.2 Å². The molecule has 1 heterocycles. The normalized spacial score (nSPS) is 18.8. The lowest BCUT2D eigenvalue weighted by atomic mass is 9.96. The first kappa shape index (κ1) is 12.7. The zero-order valence-corrected chi connectivity index (χ0v) is 11.8. The van der Waals surface area contributed by atoms with Crippen molar-refractivity contribution in [1.82, 2.24) is 10.6 Å². The van der Waals surface area contributed by atoms with Crippen molar-refractivity contribution in [3.63, 3.8) is 0 Å². The number of amides is 1. The average Bonchev–Trinajstić information content (AvgIpc) is 3.22. The van der Waals surface area contributed by atoms with E-state index in [0.717, 1.165) is 25.1 Å². The summed E-state index contributed by atoms with van der Waals surface area (Å²) in [5, 5.41) is 6.53. The predicted molar refractivity (Wildman–Crippen MR) is 76.1 cm³/mol. The quantitative estimate of drug-likeness (QED) is 0.873. The van der Waals surface area contributed by atoms with E-state index in [1.165, 1.54) is 24.0 Å². The molecule has 19 heavy (non-hydrogen) atoms. The highest BCUT2D eigenvalue weighted by molar-refractivity contribution is 5.95. The molecular weight excluding hydrogens is 236 g/mol. The highest BCUT2D eigenvalue weighted by Crippen LogP contribution is 2.39. The highest BCUT2D eigenvalue weighted by Gasteiger charge is 2.38. The van der Waals surface area contributed by atoms with Crippen LogP contribution in [0, 0.1) is 5.92 Å². The minimum absolute atomic E-state index is 0.0604. The Hall–Kier alpha value is -1.35. The van der Waals surface area contributed by atoms with Gasteiger partial charge in [-0.1, -0.05) is 6.07 Å². The molecule has 3 nitrogen and oxygen atoms in total. The Morgan fingerprint density at radius 2 is 2.11 bits per heavy atom. The second kappa shape index (κ2) is 4.64. The smallest absolute Gasteiger partial charge is 0.251 e. The Balaban J connectivity index is 1.76. The molecule has 1 fully saturated rings. The lowest BCUT2D eigenvalue weighted by molar-refractivity contribution is 0.0903. The van der Waals surface area contributed by atoms with E-state index in [-0.39, 0.29) is 11.4 Å². The fraction of sp³-hybridized carbons (Fsp3) is 0.562. The lowest BCUT2D eigenvalue weighted by Crippen LogP contribution is -2.45. The summed E-state index contributed by atoms with van der Waals surface area (Å²) in [6.45, 7) is 6.17. The molecule has 0 spiro atoms. The van der Waals surface area contributed by atoms with E-state index in [1.807, 2.05) is 12.1 Å². The number of benzene rings is 1. The van der Waals surface area contributed by atoms with Gasteiger partial charge in [0.2, 0.25) is 0 Å². The van der Waals surface area contributed by atoms with Gasteiger partial charge in [0.1, 0.15) is 0 Å².